The molecule has 0 saturated carbocycles. The SMILES string of the molecule is CC/C=C\C/C=C\CC(=O)[C@@H](O)CCCCCCCC(=O)[O-]. The highest BCUT2D eigenvalue weighted by atomic mass is 16.4. The molecule has 0 fully saturated rings. The van der Waals surface area contributed by atoms with Gasteiger partial charge in [-0.25, -0.2) is 0 Å². The number of aliphatic hydroxyl groups excluding tert-OH is 1. The van der Waals surface area contributed by atoms with E-state index in [2.05, 4.69) is 19.1 Å². The largest absolute Gasteiger partial charge is 0.550 e. The molecule has 22 heavy (non-hydrogen) atoms. The normalized spacial score (nSPS) is 13.0. The Bertz CT molecular complexity index is 358. The van der Waals surface area contributed by atoms with E-state index in [0.717, 1.165) is 38.5 Å². The summed E-state index contributed by atoms with van der Waals surface area (Å²) in [6.45, 7) is 2.07. The molecule has 1 atom stereocenters. The zero-order valence-corrected chi connectivity index (χ0v) is 13.6. The fraction of sp³-hybridized carbons (Fsp3) is 0.667. The quantitative estimate of drug-likeness (QED) is 0.395. The highest BCUT2D eigenvalue weighted by Crippen LogP contribution is 2.10. The first-order valence-corrected chi connectivity index (χ1v) is 8.28. The summed E-state index contributed by atoms with van der Waals surface area (Å²) >= 11 is 0. The van der Waals surface area contributed by atoms with Crippen LogP contribution in [0.2, 0.25) is 0 Å². The number of rotatable bonds is 14. The van der Waals surface area contributed by atoms with Crippen LogP contribution in [0, 0.1) is 0 Å². The van der Waals surface area contributed by atoms with Crippen LogP contribution >= 0.6 is 0 Å². The Hall–Kier alpha value is -1.42. The summed E-state index contributed by atoms with van der Waals surface area (Å²) in [4.78, 5) is 21.9. The number of hydrogen-bond acceptors (Lipinski definition) is 4. The summed E-state index contributed by atoms with van der Waals surface area (Å²) in [5.41, 5.74) is 0. The first-order chi connectivity index (χ1) is 10.6. The van der Waals surface area contributed by atoms with E-state index in [-0.39, 0.29) is 18.6 Å². The minimum Gasteiger partial charge on any atom is -0.550 e. The second-order valence-electron chi connectivity index (χ2n) is 5.45. The molecule has 0 aliphatic carbocycles. The van der Waals surface area contributed by atoms with Gasteiger partial charge in [-0.05, 0) is 32.1 Å². The third kappa shape index (κ3) is 13.6. The Morgan fingerprint density at radius 1 is 1.00 bits per heavy atom. The molecular weight excluding hydrogens is 280 g/mol. The van der Waals surface area contributed by atoms with Crippen LogP contribution in [0.4, 0.5) is 0 Å². The number of Topliss-reactive ketones (excluding diaryl/α,β-unsaturated/α-hetero) is 1. The lowest BCUT2D eigenvalue weighted by molar-refractivity contribution is -0.305. The number of carboxylic acids is 1. The van der Waals surface area contributed by atoms with Gasteiger partial charge in [-0.1, -0.05) is 56.9 Å². The smallest absolute Gasteiger partial charge is 0.164 e. The topological polar surface area (TPSA) is 77.4 Å². The monoisotopic (exact) mass is 309 g/mol. The molecule has 0 spiro atoms. The van der Waals surface area contributed by atoms with Gasteiger partial charge < -0.3 is 15.0 Å². The summed E-state index contributed by atoms with van der Waals surface area (Å²) < 4.78 is 0. The lowest BCUT2D eigenvalue weighted by Gasteiger charge is -2.08. The number of hydrogen-bond donors (Lipinski definition) is 1. The fourth-order valence-electron chi connectivity index (χ4n) is 2.07. The number of ketones is 1. The fourth-order valence-corrected chi connectivity index (χ4v) is 2.07. The van der Waals surface area contributed by atoms with Gasteiger partial charge in [0.2, 0.25) is 0 Å². The van der Waals surface area contributed by atoms with Crippen molar-refractivity contribution < 1.29 is 19.8 Å². The summed E-state index contributed by atoms with van der Waals surface area (Å²) in [6.07, 6.45) is 13.9. The third-order valence-corrected chi connectivity index (χ3v) is 3.39. The second kappa shape index (κ2) is 14.5. The average molecular weight is 309 g/mol. The number of carbonyl (C=O) groups is 2. The second-order valence-corrected chi connectivity index (χ2v) is 5.45. The van der Waals surface area contributed by atoms with Crippen molar-refractivity contribution in [2.24, 2.45) is 0 Å². The summed E-state index contributed by atoms with van der Waals surface area (Å²) in [7, 11) is 0. The van der Waals surface area contributed by atoms with Gasteiger partial charge in [-0.2, -0.15) is 0 Å². The average Bonchev–Trinajstić information content (AvgIpc) is 2.49. The van der Waals surface area contributed by atoms with Gasteiger partial charge in [0.15, 0.2) is 5.78 Å². The van der Waals surface area contributed by atoms with Crippen molar-refractivity contribution in [1.82, 2.24) is 0 Å². The van der Waals surface area contributed by atoms with E-state index in [4.69, 9.17) is 0 Å². The first-order valence-electron chi connectivity index (χ1n) is 8.28. The van der Waals surface area contributed by atoms with E-state index in [0.29, 0.717) is 12.8 Å². The molecule has 0 unspecified atom stereocenters. The van der Waals surface area contributed by atoms with Crippen molar-refractivity contribution in [2.75, 3.05) is 0 Å². The van der Waals surface area contributed by atoms with Crippen molar-refractivity contribution in [3.05, 3.63) is 24.3 Å². The molecule has 0 amide bonds. The van der Waals surface area contributed by atoms with Crippen LogP contribution in [0.5, 0.6) is 0 Å². The maximum atomic E-state index is 11.7. The number of carbonyl (C=O) groups excluding carboxylic acids is 2. The van der Waals surface area contributed by atoms with E-state index in [1.807, 2.05) is 12.2 Å². The van der Waals surface area contributed by atoms with E-state index >= 15 is 0 Å². The molecule has 0 bridgehead atoms. The van der Waals surface area contributed by atoms with Crippen molar-refractivity contribution >= 4 is 11.8 Å². The van der Waals surface area contributed by atoms with Gasteiger partial charge in [0.1, 0.15) is 6.10 Å². The Morgan fingerprint density at radius 2 is 1.64 bits per heavy atom. The van der Waals surface area contributed by atoms with Gasteiger partial charge in [-0.3, -0.25) is 4.79 Å². The number of unbranched alkanes of at least 4 members (excludes halogenated alkanes) is 4. The molecule has 0 aliphatic heterocycles. The Kier molecular flexibility index (Phi) is 13.6. The number of allylic oxidation sites excluding steroid dienone is 4. The Morgan fingerprint density at radius 3 is 2.32 bits per heavy atom. The maximum absolute atomic E-state index is 11.7. The molecule has 4 heteroatoms. The molecular formula is C18H29O4-. The van der Waals surface area contributed by atoms with Gasteiger partial charge in [0.05, 0.1) is 0 Å². The minimum atomic E-state index is -1.00. The molecule has 0 aromatic carbocycles. The van der Waals surface area contributed by atoms with Crippen molar-refractivity contribution in [3.8, 4) is 0 Å². The van der Waals surface area contributed by atoms with Gasteiger partial charge in [-0.15, -0.1) is 0 Å². The lowest BCUT2D eigenvalue weighted by atomic mass is 10.0. The predicted octanol–water partition coefficient (Wildman–Crippen LogP) is 2.70. The molecule has 4 nitrogen and oxygen atoms in total. The van der Waals surface area contributed by atoms with Crippen molar-refractivity contribution in [3.63, 3.8) is 0 Å². The molecule has 126 valence electrons. The van der Waals surface area contributed by atoms with E-state index in [9.17, 15) is 19.8 Å². The number of aliphatic hydroxyl groups is 1. The molecule has 0 heterocycles. The molecule has 0 aliphatic rings. The number of carboxylic acid groups (broad SMARTS) is 1. The summed E-state index contributed by atoms with van der Waals surface area (Å²) in [5, 5.41) is 20.0. The van der Waals surface area contributed by atoms with Crippen molar-refractivity contribution in [2.45, 2.75) is 77.2 Å². The van der Waals surface area contributed by atoms with E-state index in [1.54, 1.807) is 0 Å². The van der Waals surface area contributed by atoms with Gasteiger partial charge in [0, 0.05) is 12.4 Å². The molecule has 1 N–H and O–H groups in total. The third-order valence-electron chi connectivity index (χ3n) is 3.39. The van der Waals surface area contributed by atoms with Gasteiger partial charge in [0.25, 0.3) is 0 Å². The molecule has 0 rings (SSSR count). The molecule has 0 aromatic heterocycles. The van der Waals surface area contributed by atoms with E-state index < -0.39 is 12.1 Å². The first kappa shape index (κ1) is 20.6. The number of aliphatic carboxylic acids is 1. The van der Waals surface area contributed by atoms with Crippen LogP contribution in [0.3, 0.4) is 0 Å². The van der Waals surface area contributed by atoms with Crippen molar-refractivity contribution in [1.29, 1.82) is 0 Å². The van der Waals surface area contributed by atoms with Crippen LogP contribution < -0.4 is 5.11 Å². The summed E-state index contributed by atoms with van der Waals surface area (Å²) in [6, 6.07) is 0. The highest BCUT2D eigenvalue weighted by molar-refractivity contribution is 5.84. The highest BCUT2D eigenvalue weighted by Gasteiger charge is 2.12. The van der Waals surface area contributed by atoms with Crippen LogP contribution in [-0.4, -0.2) is 23.0 Å². The van der Waals surface area contributed by atoms with Crippen LogP contribution in [0.25, 0.3) is 0 Å². The molecule has 0 aromatic rings. The van der Waals surface area contributed by atoms with Crippen LogP contribution in [-0.2, 0) is 9.59 Å². The lowest BCUT2D eigenvalue weighted by Crippen LogP contribution is -2.21. The van der Waals surface area contributed by atoms with Gasteiger partial charge >= 0.3 is 0 Å². The molecule has 0 saturated heterocycles. The summed E-state index contributed by atoms with van der Waals surface area (Å²) in [5.74, 6) is -1.13. The van der Waals surface area contributed by atoms with E-state index in [1.165, 1.54) is 0 Å². The Labute approximate surface area is 133 Å². The zero-order valence-electron chi connectivity index (χ0n) is 13.6. The maximum Gasteiger partial charge on any atom is 0.164 e. The van der Waals surface area contributed by atoms with Crippen LogP contribution in [0.1, 0.15) is 71.1 Å². The zero-order chi connectivity index (χ0) is 16.6. The standard InChI is InChI=1S/C18H30O4/c1-2-3-4-5-7-10-13-16(19)17(20)14-11-8-6-9-12-15-18(21)22/h3-4,7,10,17,20H,2,5-6,8-9,11-15H2,1H3,(H,21,22)/p-1/b4-3-,10-7-/t17-/m0/s1. The minimum absolute atomic E-state index is 0.112. The van der Waals surface area contributed by atoms with Crippen LogP contribution in [0.15, 0.2) is 24.3 Å². The molecule has 0 radical (unpaired) electrons. The predicted molar refractivity (Wildman–Crippen MR) is 86.1 cm³/mol. The Balaban J connectivity index is 3.57.